The first kappa shape index (κ1) is 29.0. The number of hydrogen-bond donors (Lipinski definition) is 4. The number of sulfonamides is 1. The van der Waals surface area contributed by atoms with E-state index in [1.165, 1.54) is 6.92 Å². The number of halogens is 1. The van der Waals surface area contributed by atoms with Crippen molar-refractivity contribution in [3.63, 3.8) is 0 Å². The third-order valence-electron chi connectivity index (χ3n) is 4.00. The molecule has 1 aromatic rings. The lowest BCUT2D eigenvalue weighted by Crippen LogP contribution is -2.39. The zero-order valence-electron chi connectivity index (χ0n) is 19.6. The summed E-state index contributed by atoms with van der Waals surface area (Å²) in [6.45, 7) is 10.6. The van der Waals surface area contributed by atoms with Gasteiger partial charge in [0.2, 0.25) is 27.2 Å². The van der Waals surface area contributed by atoms with Crippen LogP contribution in [0, 0.1) is 0 Å². The molecule has 1 unspecified atom stereocenters. The number of rotatable bonds is 14. The Hall–Kier alpha value is -2.00. The lowest BCUT2D eigenvalue weighted by atomic mass is 10.2. The second kappa shape index (κ2) is 13.6. The summed E-state index contributed by atoms with van der Waals surface area (Å²) >= 11 is 5.91. The molecule has 0 radical (unpaired) electrons. The zero-order valence-corrected chi connectivity index (χ0v) is 21.1. The first-order valence-corrected chi connectivity index (χ1v) is 12.3. The second-order valence-corrected chi connectivity index (χ2v) is 10.3. The SMILES string of the molecule is CC([C@@H](C)Nc1nc(Cl)nc(NCCOCCOCCNC(=O)OC(C)(C)C)n1)S(N)(=O)=O. The van der Waals surface area contributed by atoms with Crippen LogP contribution in [0.1, 0.15) is 34.6 Å². The van der Waals surface area contributed by atoms with Gasteiger partial charge in [-0.05, 0) is 46.2 Å². The van der Waals surface area contributed by atoms with Crippen LogP contribution < -0.4 is 21.1 Å². The topological polar surface area (TPSA) is 180 Å². The predicted molar refractivity (Wildman–Crippen MR) is 125 cm³/mol. The maximum Gasteiger partial charge on any atom is 0.407 e. The Labute approximate surface area is 199 Å². The maximum absolute atomic E-state index is 11.5. The van der Waals surface area contributed by atoms with Crippen LogP contribution in [0.15, 0.2) is 0 Å². The van der Waals surface area contributed by atoms with Crippen LogP contribution in [0.25, 0.3) is 0 Å². The van der Waals surface area contributed by atoms with E-state index >= 15 is 0 Å². The molecule has 0 saturated heterocycles. The Morgan fingerprint density at radius 2 is 1.61 bits per heavy atom. The van der Waals surface area contributed by atoms with E-state index in [0.29, 0.717) is 39.5 Å². The van der Waals surface area contributed by atoms with Crippen LogP contribution in [-0.2, 0) is 24.2 Å². The molecule has 33 heavy (non-hydrogen) atoms. The summed E-state index contributed by atoms with van der Waals surface area (Å²) in [5.74, 6) is 0.329. The van der Waals surface area contributed by atoms with E-state index in [4.69, 9.17) is 31.0 Å². The third kappa shape index (κ3) is 13.3. The highest BCUT2D eigenvalue weighted by Gasteiger charge is 2.23. The van der Waals surface area contributed by atoms with Gasteiger partial charge >= 0.3 is 6.09 Å². The molecule has 0 spiro atoms. The van der Waals surface area contributed by atoms with Crippen LogP contribution >= 0.6 is 11.6 Å². The molecule has 0 fully saturated rings. The monoisotopic (exact) mass is 511 g/mol. The molecule has 5 N–H and O–H groups in total. The zero-order chi connectivity index (χ0) is 25.1. The Bertz CT molecular complexity index is 853. The Kier molecular flexibility index (Phi) is 12.0. The van der Waals surface area contributed by atoms with Gasteiger partial charge < -0.3 is 30.2 Å². The summed E-state index contributed by atoms with van der Waals surface area (Å²) in [4.78, 5) is 23.5. The number of nitrogens with zero attached hydrogens (tertiary/aromatic N) is 3. The van der Waals surface area contributed by atoms with Crippen molar-refractivity contribution in [1.29, 1.82) is 0 Å². The molecule has 15 heteroatoms. The van der Waals surface area contributed by atoms with Crippen molar-refractivity contribution in [1.82, 2.24) is 20.3 Å². The van der Waals surface area contributed by atoms with Crippen LogP contribution in [0.5, 0.6) is 0 Å². The molecule has 1 heterocycles. The Morgan fingerprint density at radius 1 is 1.03 bits per heavy atom. The van der Waals surface area contributed by atoms with Crippen molar-refractivity contribution in [3.8, 4) is 0 Å². The minimum absolute atomic E-state index is 0.0558. The number of aromatic nitrogens is 3. The molecule has 2 atom stereocenters. The molecule has 0 aliphatic heterocycles. The van der Waals surface area contributed by atoms with Crippen molar-refractivity contribution < 1.29 is 27.4 Å². The smallest absolute Gasteiger partial charge is 0.407 e. The first-order chi connectivity index (χ1) is 15.3. The molecule has 0 aliphatic carbocycles. The summed E-state index contributed by atoms with van der Waals surface area (Å²) in [6.07, 6.45) is -0.487. The molecular weight excluding hydrogens is 478 g/mol. The van der Waals surface area contributed by atoms with E-state index in [1.807, 2.05) is 0 Å². The fourth-order valence-corrected chi connectivity index (χ4v) is 2.99. The van der Waals surface area contributed by atoms with Gasteiger partial charge in [0.05, 0.1) is 31.7 Å². The molecule has 0 saturated carbocycles. The number of nitrogens with one attached hydrogen (secondary N) is 3. The summed E-state index contributed by atoms with van der Waals surface area (Å²) in [6, 6.07) is -0.547. The van der Waals surface area contributed by atoms with Gasteiger partial charge in [0.25, 0.3) is 0 Å². The van der Waals surface area contributed by atoms with E-state index in [2.05, 4.69) is 30.9 Å². The molecule has 1 rings (SSSR count). The van der Waals surface area contributed by atoms with Gasteiger partial charge in [0, 0.05) is 19.1 Å². The molecule has 0 aromatic carbocycles. The van der Waals surface area contributed by atoms with Gasteiger partial charge in [-0.2, -0.15) is 15.0 Å². The van der Waals surface area contributed by atoms with Gasteiger partial charge in [-0.25, -0.2) is 18.4 Å². The van der Waals surface area contributed by atoms with Gasteiger partial charge in [-0.15, -0.1) is 0 Å². The highest BCUT2D eigenvalue weighted by atomic mass is 35.5. The molecule has 0 bridgehead atoms. The molecular formula is C18H34ClN7O6S. The average molecular weight is 512 g/mol. The average Bonchev–Trinajstić information content (AvgIpc) is 2.66. The molecule has 1 amide bonds. The Balaban J connectivity index is 2.23. The van der Waals surface area contributed by atoms with Crippen LogP contribution in [0.3, 0.4) is 0 Å². The second-order valence-electron chi connectivity index (χ2n) is 8.06. The van der Waals surface area contributed by atoms with Gasteiger partial charge in [0.15, 0.2) is 0 Å². The number of amides is 1. The van der Waals surface area contributed by atoms with Crippen molar-refractivity contribution in [2.45, 2.75) is 51.5 Å². The van der Waals surface area contributed by atoms with E-state index in [0.717, 1.165) is 0 Å². The number of nitrogens with two attached hydrogens (primary N) is 1. The Morgan fingerprint density at radius 3 is 2.18 bits per heavy atom. The number of carbonyl (C=O) groups is 1. The van der Waals surface area contributed by atoms with Crippen LogP contribution in [0.4, 0.5) is 16.7 Å². The van der Waals surface area contributed by atoms with Crippen molar-refractivity contribution in [2.75, 3.05) is 50.2 Å². The minimum Gasteiger partial charge on any atom is -0.444 e. The van der Waals surface area contributed by atoms with E-state index in [-0.39, 0.29) is 17.2 Å². The highest BCUT2D eigenvalue weighted by molar-refractivity contribution is 7.89. The minimum atomic E-state index is -3.72. The van der Waals surface area contributed by atoms with E-state index < -0.39 is 33.0 Å². The highest BCUT2D eigenvalue weighted by Crippen LogP contribution is 2.13. The standard InChI is InChI=1S/C18H34ClN7O6S/c1-12(13(2)33(20,28)29)23-16-25-14(19)24-15(26-16)21-6-8-30-10-11-31-9-7-22-17(27)32-18(3,4)5/h12-13H,6-11H2,1-5H3,(H,22,27)(H2,20,28,29)(H2,21,23,24,25,26)/t12-,13?/m1/s1. The fraction of sp³-hybridized carbons (Fsp3) is 0.778. The molecule has 1 aromatic heterocycles. The maximum atomic E-state index is 11.5. The normalized spacial score (nSPS) is 13.8. The van der Waals surface area contributed by atoms with Crippen molar-refractivity contribution in [3.05, 3.63) is 5.28 Å². The number of anilines is 2. The number of primary sulfonamides is 1. The number of carbonyl (C=O) groups excluding carboxylic acids is 1. The lowest BCUT2D eigenvalue weighted by Gasteiger charge is -2.19. The number of hydrogen-bond acceptors (Lipinski definition) is 11. The van der Waals surface area contributed by atoms with Crippen LogP contribution in [0.2, 0.25) is 5.28 Å². The van der Waals surface area contributed by atoms with Gasteiger partial charge in [-0.3, -0.25) is 0 Å². The predicted octanol–water partition coefficient (Wildman–Crippen LogP) is 0.972. The summed E-state index contributed by atoms with van der Waals surface area (Å²) in [5, 5.41) is 12.6. The van der Waals surface area contributed by atoms with E-state index in [1.54, 1.807) is 27.7 Å². The summed E-state index contributed by atoms with van der Waals surface area (Å²) in [5.41, 5.74) is -0.539. The van der Waals surface area contributed by atoms with E-state index in [9.17, 15) is 13.2 Å². The molecule has 13 nitrogen and oxygen atoms in total. The number of ether oxygens (including phenoxy) is 3. The van der Waals surface area contributed by atoms with Crippen molar-refractivity contribution in [2.24, 2.45) is 5.14 Å². The quantitative estimate of drug-likeness (QED) is 0.261. The fourth-order valence-electron chi connectivity index (χ4n) is 2.20. The number of alkyl carbamates (subject to hydrolysis) is 1. The molecule has 0 aliphatic rings. The molecule has 190 valence electrons. The van der Waals surface area contributed by atoms with Crippen LogP contribution in [-0.4, -0.2) is 85.9 Å². The third-order valence-corrected chi connectivity index (χ3v) is 5.62. The van der Waals surface area contributed by atoms with Gasteiger partial charge in [-0.1, -0.05) is 0 Å². The lowest BCUT2D eigenvalue weighted by molar-refractivity contribution is 0.0415. The van der Waals surface area contributed by atoms with Crippen molar-refractivity contribution >= 4 is 39.6 Å². The van der Waals surface area contributed by atoms with Gasteiger partial charge in [0.1, 0.15) is 5.60 Å². The summed E-state index contributed by atoms with van der Waals surface area (Å²) < 4.78 is 38.9. The summed E-state index contributed by atoms with van der Waals surface area (Å²) in [7, 11) is -3.72. The largest absolute Gasteiger partial charge is 0.444 e. The first-order valence-electron chi connectivity index (χ1n) is 10.3.